The molecule has 0 aliphatic carbocycles. The van der Waals surface area contributed by atoms with Crippen molar-refractivity contribution >= 4 is 22.9 Å². The van der Waals surface area contributed by atoms with Crippen LogP contribution in [0, 0.1) is 6.92 Å². The Morgan fingerprint density at radius 1 is 1.28 bits per heavy atom. The van der Waals surface area contributed by atoms with Gasteiger partial charge in [0, 0.05) is 14.8 Å². The highest BCUT2D eigenvalue weighted by atomic mass is 35.5. The molecule has 0 bridgehead atoms. The summed E-state index contributed by atoms with van der Waals surface area (Å²) in [6, 6.07) is 10.9. The monoisotopic (exact) mass is 279 g/mol. The first-order valence-electron chi connectivity index (χ1n) is 6.17. The van der Waals surface area contributed by atoms with Gasteiger partial charge in [0.2, 0.25) is 0 Å². The molecule has 1 aromatic carbocycles. The Hall–Kier alpha value is -0.830. The first kappa shape index (κ1) is 13.6. The highest BCUT2D eigenvalue weighted by molar-refractivity contribution is 7.12. The van der Waals surface area contributed by atoms with Gasteiger partial charge in [-0.2, -0.15) is 0 Å². The van der Waals surface area contributed by atoms with Crippen LogP contribution in [0.4, 0.5) is 0 Å². The third-order valence-electron chi connectivity index (χ3n) is 3.12. The second kappa shape index (κ2) is 5.87. The summed E-state index contributed by atoms with van der Waals surface area (Å²) in [6.45, 7) is 4.24. The minimum absolute atomic E-state index is 0.256. The highest BCUT2D eigenvalue weighted by Crippen LogP contribution is 2.30. The molecule has 1 N–H and O–H groups in total. The van der Waals surface area contributed by atoms with E-state index < -0.39 is 0 Å². The normalized spacial score (nSPS) is 12.7. The minimum Gasteiger partial charge on any atom is -0.309 e. The second-order valence-electron chi connectivity index (χ2n) is 4.39. The number of nitrogens with one attached hydrogen (secondary N) is 1. The second-order valence-corrected chi connectivity index (χ2v) is 6.00. The molecule has 0 aliphatic rings. The first-order valence-corrected chi connectivity index (χ1v) is 7.37. The average Bonchev–Trinajstić information content (AvgIpc) is 2.83. The molecule has 0 spiro atoms. The van der Waals surface area contributed by atoms with Crippen LogP contribution in [0.2, 0.25) is 5.02 Å². The van der Waals surface area contributed by atoms with Crippen molar-refractivity contribution in [1.29, 1.82) is 0 Å². The lowest BCUT2D eigenvalue weighted by atomic mass is 10.0. The molecule has 0 saturated carbocycles. The molecule has 1 atom stereocenters. The average molecular weight is 280 g/mol. The van der Waals surface area contributed by atoms with Gasteiger partial charge in [0.15, 0.2) is 0 Å². The Kier molecular flexibility index (Phi) is 4.44. The Bertz CT molecular complexity index is 533. The fourth-order valence-corrected chi connectivity index (χ4v) is 3.27. The summed E-state index contributed by atoms with van der Waals surface area (Å²) in [5.74, 6) is 0. The van der Waals surface area contributed by atoms with Crippen molar-refractivity contribution in [1.82, 2.24) is 5.32 Å². The fourth-order valence-electron chi connectivity index (χ4n) is 2.06. The quantitative estimate of drug-likeness (QED) is 0.864. The van der Waals surface area contributed by atoms with Gasteiger partial charge >= 0.3 is 0 Å². The number of aryl methyl sites for hydroxylation is 2. The van der Waals surface area contributed by atoms with Gasteiger partial charge in [-0.1, -0.05) is 30.7 Å². The molecular weight excluding hydrogens is 262 g/mol. The van der Waals surface area contributed by atoms with Gasteiger partial charge < -0.3 is 5.32 Å². The first-order chi connectivity index (χ1) is 8.65. The summed E-state index contributed by atoms with van der Waals surface area (Å²) < 4.78 is 0. The van der Waals surface area contributed by atoms with Crippen LogP contribution in [-0.4, -0.2) is 7.05 Å². The van der Waals surface area contributed by atoms with Crippen LogP contribution in [0.15, 0.2) is 30.3 Å². The summed E-state index contributed by atoms with van der Waals surface area (Å²) in [4.78, 5) is 2.78. The molecule has 0 amide bonds. The topological polar surface area (TPSA) is 12.0 Å². The molecule has 96 valence electrons. The summed E-state index contributed by atoms with van der Waals surface area (Å²) >= 11 is 7.96. The lowest BCUT2D eigenvalue weighted by molar-refractivity contribution is 0.703. The maximum Gasteiger partial charge on any atom is 0.0668 e. The molecule has 2 aromatic rings. The maximum atomic E-state index is 6.08. The van der Waals surface area contributed by atoms with Crippen molar-refractivity contribution in [2.75, 3.05) is 7.05 Å². The zero-order chi connectivity index (χ0) is 13.1. The van der Waals surface area contributed by atoms with Gasteiger partial charge in [0.25, 0.3) is 0 Å². The molecule has 3 heteroatoms. The van der Waals surface area contributed by atoms with Crippen LogP contribution in [0.3, 0.4) is 0 Å². The van der Waals surface area contributed by atoms with Gasteiger partial charge in [-0.25, -0.2) is 0 Å². The molecule has 0 saturated heterocycles. The summed E-state index contributed by atoms with van der Waals surface area (Å²) in [6.07, 6.45) is 1.10. The number of hydrogen-bond acceptors (Lipinski definition) is 2. The number of hydrogen-bond donors (Lipinski definition) is 1. The summed E-state index contributed by atoms with van der Waals surface area (Å²) in [5, 5.41) is 4.21. The van der Waals surface area contributed by atoms with E-state index in [2.05, 4.69) is 36.5 Å². The number of rotatable bonds is 4. The van der Waals surface area contributed by atoms with Crippen molar-refractivity contribution in [3.05, 3.63) is 56.2 Å². The number of halogens is 1. The van der Waals surface area contributed by atoms with Gasteiger partial charge in [0.1, 0.15) is 0 Å². The van der Waals surface area contributed by atoms with Gasteiger partial charge in [-0.05, 0) is 49.7 Å². The SMILES string of the molecule is CCc1ccc(C(NC)c2ccc(Cl)c(C)c2)s1. The molecule has 0 radical (unpaired) electrons. The standard InChI is InChI=1S/C15H18ClNS/c1-4-12-6-8-14(18-12)15(17-3)11-5-7-13(16)10(2)9-11/h5-9,15,17H,4H2,1-3H3. The predicted molar refractivity (Wildman–Crippen MR) is 80.8 cm³/mol. The molecule has 2 rings (SSSR count). The Balaban J connectivity index is 2.35. The molecule has 0 aliphatic heterocycles. The zero-order valence-corrected chi connectivity index (χ0v) is 12.5. The van der Waals surface area contributed by atoms with E-state index in [1.807, 2.05) is 31.4 Å². The largest absolute Gasteiger partial charge is 0.309 e. The number of thiophene rings is 1. The van der Waals surface area contributed by atoms with Gasteiger partial charge in [0.05, 0.1) is 6.04 Å². The van der Waals surface area contributed by atoms with E-state index in [1.54, 1.807) is 0 Å². The van der Waals surface area contributed by atoms with E-state index in [-0.39, 0.29) is 6.04 Å². The number of benzene rings is 1. The van der Waals surface area contributed by atoms with Crippen LogP contribution >= 0.6 is 22.9 Å². The van der Waals surface area contributed by atoms with Crippen molar-refractivity contribution in [2.24, 2.45) is 0 Å². The highest BCUT2D eigenvalue weighted by Gasteiger charge is 2.14. The Morgan fingerprint density at radius 2 is 2.06 bits per heavy atom. The van der Waals surface area contributed by atoms with E-state index in [0.29, 0.717) is 0 Å². The Labute approximate surface area is 118 Å². The van der Waals surface area contributed by atoms with Gasteiger partial charge in [-0.3, -0.25) is 0 Å². The van der Waals surface area contributed by atoms with E-state index in [9.17, 15) is 0 Å². The van der Waals surface area contributed by atoms with Crippen molar-refractivity contribution in [3.8, 4) is 0 Å². The van der Waals surface area contributed by atoms with E-state index in [0.717, 1.165) is 17.0 Å². The van der Waals surface area contributed by atoms with Crippen LogP contribution in [0.5, 0.6) is 0 Å². The lowest BCUT2D eigenvalue weighted by Crippen LogP contribution is -2.16. The minimum atomic E-state index is 0.256. The fraction of sp³-hybridized carbons (Fsp3) is 0.333. The molecule has 1 unspecified atom stereocenters. The van der Waals surface area contributed by atoms with Crippen molar-refractivity contribution in [2.45, 2.75) is 26.3 Å². The van der Waals surface area contributed by atoms with E-state index >= 15 is 0 Å². The predicted octanol–water partition coefficient (Wildman–Crippen LogP) is 4.58. The molecule has 1 nitrogen and oxygen atoms in total. The van der Waals surface area contributed by atoms with Crippen molar-refractivity contribution < 1.29 is 0 Å². The molecule has 0 fully saturated rings. The van der Waals surface area contributed by atoms with E-state index in [1.165, 1.54) is 15.3 Å². The molecular formula is C15H18ClNS. The van der Waals surface area contributed by atoms with Crippen molar-refractivity contribution in [3.63, 3.8) is 0 Å². The summed E-state index contributed by atoms with van der Waals surface area (Å²) in [5.41, 5.74) is 2.39. The third-order valence-corrected chi connectivity index (χ3v) is 4.84. The zero-order valence-electron chi connectivity index (χ0n) is 11.0. The molecule has 1 heterocycles. The van der Waals surface area contributed by atoms with E-state index in [4.69, 9.17) is 11.6 Å². The van der Waals surface area contributed by atoms with Crippen LogP contribution in [0.1, 0.15) is 33.8 Å². The van der Waals surface area contributed by atoms with Crippen LogP contribution in [-0.2, 0) is 6.42 Å². The maximum absolute atomic E-state index is 6.08. The molecule has 1 aromatic heterocycles. The Morgan fingerprint density at radius 3 is 2.61 bits per heavy atom. The smallest absolute Gasteiger partial charge is 0.0668 e. The van der Waals surface area contributed by atoms with Crippen LogP contribution in [0.25, 0.3) is 0 Å². The van der Waals surface area contributed by atoms with Gasteiger partial charge in [-0.15, -0.1) is 11.3 Å². The van der Waals surface area contributed by atoms with Crippen LogP contribution < -0.4 is 5.32 Å². The third kappa shape index (κ3) is 2.77. The summed E-state index contributed by atoms with van der Waals surface area (Å²) in [7, 11) is 2.00. The lowest BCUT2D eigenvalue weighted by Gasteiger charge is -2.16. The molecule has 18 heavy (non-hydrogen) atoms.